The Kier molecular flexibility index (Phi) is 4.43. The fourth-order valence-electron chi connectivity index (χ4n) is 3.66. The number of hydrogen-bond donors (Lipinski definition) is 1. The molecule has 144 valence electrons. The second-order valence-electron chi connectivity index (χ2n) is 7.24. The highest BCUT2D eigenvalue weighted by atomic mass is 16.7. The first-order chi connectivity index (χ1) is 13.4. The minimum Gasteiger partial charge on any atom is -0.454 e. The summed E-state index contributed by atoms with van der Waals surface area (Å²) in [6, 6.07) is 12.3. The second kappa shape index (κ2) is 6.80. The summed E-state index contributed by atoms with van der Waals surface area (Å²) in [5.41, 5.74) is 0.0413. The highest BCUT2D eigenvalue weighted by molar-refractivity contribution is 6.10. The van der Waals surface area contributed by atoms with Crippen molar-refractivity contribution in [1.29, 1.82) is 0 Å². The zero-order valence-corrected chi connectivity index (χ0v) is 15.7. The lowest BCUT2D eigenvalue weighted by molar-refractivity contribution is -0.140. The van der Waals surface area contributed by atoms with Crippen LogP contribution in [0, 0.1) is 0 Å². The number of nitrogens with zero attached hydrogens (tertiary/aromatic N) is 1. The molecular formula is C22H21NO5. The van der Waals surface area contributed by atoms with Crippen molar-refractivity contribution in [2.45, 2.75) is 31.9 Å². The monoisotopic (exact) mass is 379 g/mol. The Morgan fingerprint density at radius 1 is 1.21 bits per heavy atom. The molecule has 0 aromatic heterocycles. The summed E-state index contributed by atoms with van der Waals surface area (Å²) in [6.07, 6.45) is 2.70. The molecule has 0 radical (unpaired) electrons. The number of carbonyl (C=O) groups excluding carboxylic acids is 2. The Bertz CT molecular complexity index is 981. The van der Waals surface area contributed by atoms with E-state index in [1.54, 1.807) is 41.3 Å². The largest absolute Gasteiger partial charge is 0.454 e. The third kappa shape index (κ3) is 2.96. The molecule has 0 saturated carbocycles. The van der Waals surface area contributed by atoms with E-state index in [0.717, 1.165) is 5.56 Å². The maximum Gasteiger partial charge on any atom is 0.264 e. The number of amides is 1. The predicted molar refractivity (Wildman–Crippen MR) is 104 cm³/mol. The summed E-state index contributed by atoms with van der Waals surface area (Å²) in [5, 5.41) is 11.1. The third-order valence-electron chi connectivity index (χ3n) is 4.99. The molecule has 1 N–H and O–H groups in total. The molecule has 6 nitrogen and oxygen atoms in total. The zero-order chi connectivity index (χ0) is 19.9. The molecule has 4 rings (SSSR count). The van der Waals surface area contributed by atoms with Gasteiger partial charge in [0, 0.05) is 11.6 Å². The van der Waals surface area contributed by atoms with E-state index in [-0.39, 0.29) is 25.0 Å². The van der Waals surface area contributed by atoms with Gasteiger partial charge >= 0.3 is 0 Å². The van der Waals surface area contributed by atoms with Gasteiger partial charge in [-0.3, -0.25) is 9.59 Å². The molecule has 2 heterocycles. The van der Waals surface area contributed by atoms with Crippen molar-refractivity contribution in [3.63, 3.8) is 0 Å². The molecule has 28 heavy (non-hydrogen) atoms. The summed E-state index contributed by atoms with van der Waals surface area (Å²) in [6.45, 7) is 3.94. The summed E-state index contributed by atoms with van der Waals surface area (Å²) in [5.74, 6) is 0.489. The second-order valence-corrected chi connectivity index (χ2v) is 7.24. The Balaban J connectivity index is 1.56. The minimum absolute atomic E-state index is 0.123. The Labute approximate surface area is 163 Å². The molecule has 6 heteroatoms. The number of rotatable bonds is 5. The number of allylic oxidation sites excluding steroid dienone is 1. The first-order valence-electron chi connectivity index (χ1n) is 9.16. The highest BCUT2D eigenvalue weighted by Crippen LogP contribution is 2.43. The lowest BCUT2D eigenvalue weighted by Gasteiger charge is -2.25. The molecular weight excluding hydrogens is 358 g/mol. The molecule has 0 bridgehead atoms. The number of benzene rings is 2. The summed E-state index contributed by atoms with van der Waals surface area (Å²) in [7, 11) is 0. The Morgan fingerprint density at radius 3 is 2.75 bits per heavy atom. The normalized spacial score (nSPS) is 20.3. The number of fused-ring (bicyclic) bond motifs is 2. The van der Waals surface area contributed by atoms with Gasteiger partial charge in [0.1, 0.15) is 0 Å². The first-order valence-corrected chi connectivity index (χ1v) is 9.16. The number of hydrogen-bond acceptors (Lipinski definition) is 5. The van der Waals surface area contributed by atoms with Crippen LogP contribution in [0.5, 0.6) is 11.5 Å². The quantitative estimate of drug-likeness (QED) is 0.808. The summed E-state index contributed by atoms with van der Waals surface area (Å²) < 4.78 is 10.6. The van der Waals surface area contributed by atoms with E-state index in [1.807, 2.05) is 26.0 Å². The Hall–Kier alpha value is -3.12. The van der Waals surface area contributed by atoms with Gasteiger partial charge in [-0.1, -0.05) is 30.3 Å². The van der Waals surface area contributed by atoms with Gasteiger partial charge in [-0.2, -0.15) is 0 Å². The van der Waals surface area contributed by atoms with Crippen LogP contribution in [0.15, 0.2) is 48.5 Å². The fraction of sp³-hybridized carbons (Fsp3) is 0.273. The number of anilines is 1. The van der Waals surface area contributed by atoms with Crippen LogP contribution in [0.3, 0.4) is 0 Å². The molecule has 0 saturated heterocycles. The average molecular weight is 379 g/mol. The molecule has 0 unspecified atom stereocenters. The van der Waals surface area contributed by atoms with Gasteiger partial charge in [0.15, 0.2) is 22.9 Å². The van der Waals surface area contributed by atoms with E-state index in [4.69, 9.17) is 9.47 Å². The van der Waals surface area contributed by atoms with Crippen molar-refractivity contribution in [1.82, 2.24) is 0 Å². The van der Waals surface area contributed by atoms with Crippen molar-refractivity contribution >= 4 is 23.5 Å². The van der Waals surface area contributed by atoms with Gasteiger partial charge in [-0.25, -0.2) is 0 Å². The maximum atomic E-state index is 12.9. The van der Waals surface area contributed by atoms with Crippen molar-refractivity contribution in [2.24, 2.45) is 0 Å². The zero-order valence-electron chi connectivity index (χ0n) is 15.7. The highest BCUT2D eigenvalue weighted by Gasteiger charge is 2.51. The van der Waals surface area contributed by atoms with Crippen LogP contribution in [0.25, 0.3) is 6.08 Å². The van der Waals surface area contributed by atoms with E-state index in [1.165, 1.54) is 6.08 Å². The van der Waals surface area contributed by atoms with E-state index < -0.39 is 11.5 Å². The van der Waals surface area contributed by atoms with Crippen LogP contribution in [0.1, 0.15) is 31.4 Å². The molecule has 0 spiro atoms. The van der Waals surface area contributed by atoms with Crippen LogP contribution in [-0.2, 0) is 15.2 Å². The van der Waals surface area contributed by atoms with E-state index in [0.29, 0.717) is 22.7 Å². The lowest BCUT2D eigenvalue weighted by Crippen LogP contribution is -2.44. The molecule has 0 fully saturated rings. The third-order valence-corrected chi connectivity index (χ3v) is 4.99. The topological polar surface area (TPSA) is 76.1 Å². The number of para-hydroxylation sites is 1. The van der Waals surface area contributed by atoms with Crippen LogP contribution in [0.2, 0.25) is 0 Å². The van der Waals surface area contributed by atoms with Gasteiger partial charge in [0.2, 0.25) is 6.79 Å². The minimum atomic E-state index is -1.85. The molecule has 2 aliphatic rings. The van der Waals surface area contributed by atoms with Crippen LogP contribution >= 0.6 is 0 Å². The van der Waals surface area contributed by atoms with Gasteiger partial charge in [0.05, 0.1) is 12.1 Å². The molecule has 2 aromatic carbocycles. The van der Waals surface area contributed by atoms with Gasteiger partial charge in [-0.05, 0) is 43.7 Å². The van der Waals surface area contributed by atoms with Crippen molar-refractivity contribution in [2.75, 3.05) is 11.7 Å². The number of aliphatic hydroxyl groups is 1. The SMILES string of the molecule is CC(C)N1C(=O)[C@@](O)(CC(=O)/C=C/c2ccc3c(c2)OCO3)c2ccccc21. The van der Waals surface area contributed by atoms with Gasteiger partial charge in [-0.15, -0.1) is 0 Å². The standard InChI is InChI=1S/C22H21NO5/c1-14(2)23-18-6-4-3-5-17(18)22(26,21(23)25)12-16(24)9-7-15-8-10-19-20(11-15)28-13-27-19/h3-11,14,26H,12-13H2,1-2H3/b9-7+/t22-/m1/s1. The van der Waals surface area contributed by atoms with Gasteiger partial charge in [0.25, 0.3) is 5.91 Å². The maximum absolute atomic E-state index is 12.9. The lowest BCUT2D eigenvalue weighted by atomic mass is 9.89. The van der Waals surface area contributed by atoms with E-state index in [2.05, 4.69) is 0 Å². The van der Waals surface area contributed by atoms with Crippen LogP contribution < -0.4 is 14.4 Å². The molecule has 2 aromatic rings. The summed E-state index contributed by atoms with van der Waals surface area (Å²) in [4.78, 5) is 27.0. The average Bonchev–Trinajstić information content (AvgIpc) is 3.21. The van der Waals surface area contributed by atoms with Crippen molar-refractivity contribution < 1.29 is 24.2 Å². The van der Waals surface area contributed by atoms with Crippen LogP contribution in [0.4, 0.5) is 5.69 Å². The molecule has 2 aliphatic heterocycles. The number of ketones is 1. The number of ether oxygens (including phenoxy) is 2. The summed E-state index contributed by atoms with van der Waals surface area (Å²) >= 11 is 0. The van der Waals surface area contributed by atoms with Crippen LogP contribution in [-0.4, -0.2) is 29.6 Å². The molecule has 0 aliphatic carbocycles. The van der Waals surface area contributed by atoms with E-state index >= 15 is 0 Å². The first kappa shape index (κ1) is 18.3. The smallest absolute Gasteiger partial charge is 0.264 e. The van der Waals surface area contributed by atoms with E-state index in [9.17, 15) is 14.7 Å². The Morgan fingerprint density at radius 2 is 1.96 bits per heavy atom. The fourth-order valence-corrected chi connectivity index (χ4v) is 3.66. The van der Waals surface area contributed by atoms with Crippen molar-refractivity contribution in [3.8, 4) is 11.5 Å². The number of carbonyl (C=O) groups is 2. The predicted octanol–water partition coefficient (Wildman–Crippen LogP) is 3.03. The van der Waals surface area contributed by atoms with Crippen molar-refractivity contribution in [3.05, 3.63) is 59.7 Å². The molecule has 1 atom stereocenters. The molecule has 1 amide bonds. The van der Waals surface area contributed by atoms with Gasteiger partial charge < -0.3 is 19.5 Å².